The SMILES string of the molecule is Cc1cc(C)c2nc(N3C(=O)C(=O)C(=C(O)c4ccc(Cl)cc4)C3c3ccc(F)cc3)sc2c1. The van der Waals surface area contributed by atoms with E-state index in [4.69, 9.17) is 11.6 Å². The van der Waals surface area contributed by atoms with E-state index < -0.39 is 23.5 Å². The highest BCUT2D eigenvalue weighted by molar-refractivity contribution is 7.22. The van der Waals surface area contributed by atoms with Gasteiger partial charge in [0.1, 0.15) is 11.6 Å². The zero-order valence-electron chi connectivity index (χ0n) is 18.2. The van der Waals surface area contributed by atoms with Crippen LogP contribution >= 0.6 is 22.9 Å². The van der Waals surface area contributed by atoms with Crippen molar-refractivity contribution in [3.63, 3.8) is 0 Å². The number of carbonyl (C=O) groups is 2. The van der Waals surface area contributed by atoms with E-state index in [1.807, 2.05) is 26.0 Å². The zero-order chi connectivity index (χ0) is 24.1. The first-order valence-electron chi connectivity index (χ1n) is 10.4. The molecule has 1 amide bonds. The molecular formula is C26H18ClFN2O3S. The molecule has 1 N–H and O–H groups in total. The average Bonchev–Trinajstić information content (AvgIpc) is 3.33. The molecule has 0 radical (unpaired) electrons. The summed E-state index contributed by atoms with van der Waals surface area (Å²) < 4.78 is 14.6. The topological polar surface area (TPSA) is 70.5 Å². The van der Waals surface area contributed by atoms with Gasteiger partial charge < -0.3 is 5.11 Å². The molecule has 170 valence electrons. The lowest BCUT2D eigenvalue weighted by Crippen LogP contribution is -2.29. The van der Waals surface area contributed by atoms with Crippen molar-refractivity contribution in [2.75, 3.05) is 4.90 Å². The Kier molecular flexibility index (Phi) is 5.46. The molecule has 1 atom stereocenters. The van der Waals surface area contributed by atoms with Crippen molar-refractivity contribution >= 4 is 55.7 Å². The highest BCUT2D eigenvalue weighted by atomic mass is 35.5. The van der Waals surface area contributed by atoms with Gasteiger partial charge in [-0.1, -0.05) is 41.1 Å². The van der Waals surface area contributed by atoms with Gasteiger partial charge in [0.25, 0.3) is 5.78 Å². The molecule has 8 heteroatoms. The van der Waals surface area contributed by atoms with Crippen LogP contribution in [0, 0.1) is 19.7 Å². The molecule has 0 spiro atoms. The number of aryl methyl sites for hydroxylation is 2. The Labute approximate surface area is 203 Å². The summed E-state index contributed by atoms with van der Waals surface area (Å²) in [5, 5.41) is 11.9. The van der Waals surface area contributed by atoms with E-state index in [1.165, 1.54) is 40.5 Å². The number of amides is 1. The van der Waals surface area contributed by atoms with Crippen LogP contribution in [0.3, 0.4) is 0 Å². The molecule has 2 heterocycles. The summed E-state index contributed by atoms with van der Waals surface area (Å²) in [4.78, 5) is 32.5. The number of rotatable bonds is 3. The summed E-state index contributed by atoms with van der Waals surface area (Å²) in [6.45, 7) is 3.91. The minimum Gasteiger partial charge on any atom is -0.507 e. The molecule has 5 rings (SSSR count). The number of halogens is 2. The third-order valence-corrected chi connectivity index (χ3v) is 7.03. The lowest BCUT2D eigenvalue weighted by Gasteiger charge is -2.23. The Morgan fingerprint density at radius 2 is 1.74 bits per heavy atom. The number of nitrogens with zero attached hydrogens (tertiary/aromatic N) is 2. The smallest absolute Gasteiger partial charge is 0.301 e. The largest absolute Gasteiger partial charge is 0.507 e. The van der Waals surface area contributed by atoms with E-state index in [0.717, 1.165) is 21.3 Å². The molecule has 3 aromatic carbocycles. The van der Waals surface area contributed by atoms with Crippen LogP contribution in [0.25, 0.3) is 16.0 Å². The van der Waals surface area contributed by atoms with Crippen molar-refractivity contribution < 1.29 is 19.1 Å². The number of hydrogen-bond acceptors (Lipinski definition) is 5. The van der Waals surface area contributed by atoms with Gasteiger partial charge in [-0.2, -0.15) is 0 Å². The minimum absolute atomic E-state index is 0.0916. The highest BCUT2D eigenvalue weighted by Gasteiger charge is 2.48. The zero-order valence-corrected chi connectivity index (χ0v) is 19.7. The minimum atomic E-state index is -0.974. The van der Waals surface area contributed by atoms with Crippen LogP contribution in [0.4, 0.5) is 9.52 Å². The number of aromatic nitrogens is 1. The number of Topliss-reactive ketones (excluding diaryl/α,β-unsaturated/α-hetero) is 1. The second-order valence-electron chi connectivity index (χ2n) is 8.15. The van der Waals surface area contributed by atoms with Crippen LogP contribution in [0.1, 0.15) is 28.3 Å². The van der Waals surface area contributed by atoms with Crippen molar-refractivity contribution in [2.45, 2.75) is 19.9 Å². The molecule has 5 nitrogen and oxygen atoms in total. The summed E-state index contributed by atoms with van der Waals surface area (Å²) in [7, 11) is 0. The van der Waals surface area contributed by atoms with Gasteiger partial charge in [0, 0.05) is 10.6 Å². The lowest BCUT2D eigenvalue weighted by atomic mass is 9.95. The molecule has 0 aliphatic carbocycles. The van der Waals surface area contributed by atoms with Gasteiger partial charge in [0.15, 0.2) is 5.13 Å². The van der Waals surface area contributed by atoms with Crippen LogP contribution in [-0.2, 0) is 9.59 Å². The molecule has 4 aromatic rings. The van der Waals surface area contributed by atoms with E-state index in [0.29, 0.717) is 21.3 Å². The fraction of sp³-hybridized carbons (Fsp3) is 0.115. The number of hydrogen-bond donors (Lipinski definition) is 1. The number of anilines is 1. The Morgan fingerprint density at radius 3 is 2.41 bits per heavy atom. The Hall–Kier alpha value is -3.55. The van der Waals surface area contributed by atoms with Gasteiger partial charge in [-0.05, 0) is 73.0 Å². The first-order valence-corrected chi connectivity index (χ1v) is 11.6. The maximum absolute atomic E-state index is 13.7. The molecule has 0 bridgehead atoms. The molecule has 0 saturated carbocycles. The van der Waals surface area contributed by atoms with Gasteiger partial charge in [-0.3, -0.25) is 14.5 Å². The average molecular weight is 493 g/mol. The van der Waals surface area contributed by atoms with E-state index in [1.54, 1.807) is 24.3 Å². The number of aliphatic hydroxyl groups is 1. The molecular weight excluding hydrogens is 475 g/mol. The van der Waals surface area contributed by atoms with Crippen molar-refractivity contribution in [1.82, 2.24) is 4.98 Å². The van der Waals surface area contributed by atoms with Crippen molar-refractivity contribution in [1.29, 1.82) is 0 Å². The van der Waals surface area contributed by atoms with E-state index >= 15 is 0 Å². The van der Waals surface area contributed by atoms with Gasteiger partial charge >= 0.3 is 5.91 Å². The Morgan fingerprint density at radius 1 is 1.06 bits per heavy atom. The number of benzene rings is 3. The number of thiazole rings is 1. The van der Waals surface area contributed by atoms with E-state index in [2.05, 4.69) is 4.98 Å². The number of carbonyl (C=O) groups excluding carboxylic acids is 2. The Balaban J connectivity index is 1.74. The maximum atomic E-state index is 13.7. The lowest BCUT2D eigenvalue weighted by molar-refractivity contribution is -0.132. The molecule has 1 aromatic heterocycles. The van der Waals surface area contributed by atoms with Crippen LogP contribution < -0.4 is 4.90 Å². The van der Waals surface area contributed by atoms with Crippen LogP contribution in [0.5, 0.6) is 0 Å². The van der Waals surface area contributed by atoms with Gasteiger partial charge in [-0.15, -0.1) is 0 Å². The summed E-state index contributed by atoms with van der Waals surface area (Å²) in [6.07, 6.45) is 0. The third kappa shape index (κ3) is 3.67. The van der Waals surface area contributed by atoms with Gasteiger partial charge in [0.05, 0.1) is 21.8 Å². The number of aliphatic hydroxyl groups excluding tert-OH is 1. The van der Waals surface area contributed by atoms with Crippen LogP contribution in [-0.4, -0.2) is 21.8 Å². The van der Waals surface area contributed by atoms with Crippen molar-refractivity contribution in [3.05, 3.63) is 99.3 Å². The normalized spacial score (nSPS) is 17.6. The summed E-state index contributed by atoms with van der Waals surface area (Å²) in [5.41, 5.74) is 3.47. The quantitative estimate of drug-likeness (QED) is 0.206. The highest BCUT2D eigenvalue weighted by Crippen LogP contribution is 2.44. The Bertz CT molecular complexity index is 1490. The second-order valence-corrected chi connectivity index (χ2v) is 9.60. The standard InChI is InChI=1S/C26H18ClFN2O3S/c1-13-11-14(2)21-19(12-13)34-26(29-21)30-22(15-5-9-18(28)10-6-15)20(24(32)25(30)33)23(31)16-3-7-17(27)8-4-16/h3-12,22,31H,1-2H3. The summed E-state index contributed by atoms with van der Waals surface area (Å²) >= 11 is 7.25. The van der Waals surface area contributed by atoms with Crippen LogP contribution in [0.2, 0.25) is 5.02 Å². The second kappa shape index (κ2) is 8.34. The van der Waals surface area contributed by atoms with E-state index in [9.17, 15) is 19.1 Å². The van der Waals surface area contributed by atoms with Gasteiger partial charge in [-0.25, -0.2) is 9.37 Å². The van der Waals surface area contributed by atoms with E-state index in [-0.39, 0.29) is 11.3 Å². The monoisotopic (exact) mass is 492 g/mol. The fourth-order valence-corrected chi connectivity index (χ4v) is 5.51. The molecule has 34 heavy (non-hydrogen) atoms. The fourth-order valence-electron chi connectivity index (χ4n) is 4.22. The van der Waals surface area contributed by atoms with Crippen molar-refractivity contribution in [2.24, 2.45) is 0 Å². The first kappa shape index (κ1) is 22.3. The molecule has 1 fully saturated rings. The van der Waals surface area contributed by atoms with Gasteiger partial charge in [0.2, 0.25) is 0 Å². The summed E-state index contributed by atoms with van der Waals surface area (Å²) in [6, 6.07) is 14.8. The number of fused-ring (bicyclic) bond motifs is 1. The summed E-state index contributed by atoms with van der Waals surface area (Å²) in [5.74, 6) is -2.43. The predicted octanol–water partition coefficient (Wildman–Crippen LogP) is 6.33. The predicted molar refractivity (Wildman–Crippen MR) is 132 cm³/mol. The molecule has 1 aliphatic rings. The third-order valence-electron chi connectivity index (χ3n) is 5.77. The molecule has 1 saturated heterocycles. The maximum Gasteiger partial charge on any atom is 0.301 e. The van der Waals surface area contributed by atoms with Crippen molar-refractivity contribution in [3.8, 4) is 0 Å². The molecule has 1 aliphatic heterocycles. The first-order chi connectivity index (χ1) is 16.2. The molecule has 1 unspecified atom stereocenters. The number of ketones is 1. The van der Waals surface area contributed by atoms with Crippen LogP contribution in [0.15, 0.2) is 66.2 Å².